The topological polar surface area (TPSA) is 98.0 Å². The summed E-state index contributed by atoms with van der Waals surface area (Å²) in [5.74, 6) is 0. The van der Waals surface area contributed by atoms with Crippen molar-refractivity contribution in [2.45, 2.75) is 18.3 Å². The molecule has 3 atom stereocenters. The summed E-state index contributed by atoms with van der Waals surface area (Å²) in [7, 11) is 0. The fourth-order valence-electron chi connectivity index (χ4n) is 0.367. The Balaban J connectivity index is 4.21. The molecule has 0 aliphatic heterocycles. The molecule has 0 unspecified atom stereocenters. The molecule has 0 aromatic heterocycles. The number of carbonyl (C=O) groups excluding carboxylic acids is 1. The summed E-state index contributed by atoms with van der Waals surface area (Å²) in [5.41, 5.74) is 0. The molecule has 60 valence electrons. The van der Waals surface area contributed by atoms with E-state index in [1.165, 1.54) is 0 Å². The molecule has 0 aliphatic carbocycles. The molecule has 4 N–H and O–H groups in total. The molecule has 0 heterocycles. The maximum atomic E-state index is 9.90. The van der Waals surface area contributed by atoms with Gasteiger partial charge in [-0.15, -0.1) is 0 Å². The summed E-state index contributed by atoms with van der Waals surface area (Å²) in [6, 6.07) is 0. The van der Waals surface area contributed by atoms with Gasteiger partial charge in [0, 0.05) is 0 Å². The molecule has 0 aliphatic rings. The van der Waals surface area contributed by atoms with E-state index in [0.717, 1.165) is 0 Å². The average molecular weight is 151 g/mol. The van der Waals surface area contributed by atoms with E-state index in [4.69, 9.17) is 21.8 Å². The number of aliphatic hydroxyl groups is 4. The molecular formula is C5H10O5. The van der Waals surface area contributed by atoms with Crippen LogP contribution < -0.4 is 0 Å². The average Bonchev–Trinajstić information content (AvgIpc) is 2.01. The van der Waals surface area contributed by atoms with Gasteiger partial charge in [-0.1, -0.05) is 0 Å². The maximum Gasteiger partial charge on any atom is 0.151 e. The highest BCUT2D eigenvalue weighted by molar-refractivity contribution is 5.56. The Kier molecular flexibility index (Phi) is 3.31. The molecule has 0 saturated carbocycles. The molecule has 0 saturated heterocycles. The van der Waals surface area contributed by atoms with Crippen LogP contribution in [0.15, 0.2) is 0 Å². The highest BCUT2D eigenvalue weighted by Crippen LogP contribution is 1.96. The first-order valence-corrected chi connectivity index (χ1v) is 2.61. The Morgan fingerprint density at radius 1 is 1.50 bits per heavy atom. The lowest BCUT2D eigenvalue weighted by Gasteiger charge is -2.16. The highest BCUT2D eigenvalue weighted by atomic mass is 16.4. The van der Waals surface area contributed by atoms with Crippen molar-refractivity contribution in [2.75, 3.05) is 6.61 Å². The molecule has 0 bridgehead atoms. The molecule has 5 nitrogen and oxygen atoms in total. The molecule has 10 heavy (non-hydrogen) atoms. The maximum absolute atomic E-state index is 9.90. The lowest BCUT2D eigenvalue weighted by molar-refractivity contribution is -0.127. The first kappa shape index (κ1) is 7.62. The van der Waals surface area contributed by atoms with Crippen molar-refractivity contribution in [2.24, 2.45) is 0 Å². The van der Waals surface area contributed by atoms with E-state index < -0.39 is 24.9 Å². The zero-order chi connectivity index (χ0) is 9.07. The molecule has 0 aromatic rings. The Hall–Kier alpha value is -0.490. The van der Waals surface area contributed by atoms with Gasteiger partial charge in [0.05, 0.1) is 7.98 Å². The first-order valence-electron chi connectivity index (χ1n) is 3.11. The van der Waals surface area contributed by atoms with Crippen LogP contribution in [-0.4, -0.2) is 51.6 Å². The Morgan fingerprint density at radius 3 is 2.30 bits per heavy atom. The van der Waals surface area contributed by atoms with Gasteiger partial charge in [-0.2, -0.15) is 0 Å². The lowest BCUT2D eigenvalue weighted by Crippen LogP contribution is -2.40. The van der Waals surface area contributed by atoms with Gasteiger partial charge in [-0.05, 0) is 0 Å². The van der Waals surface area contributed by atoms with Crippen LogP contribution >= 0.6 is 0 Å². The minimum atomic E-state index is -2.76. The van der Waals surface area contributed by atoms with Crippen molar-refractivity contribution >= 4 is 6.29 Å². The number of aldehydes is 1. The largest absolute Gasteiger partial charge is 0.394 e. The summed E-state index contributed by atoms with van der Waals surface area (Å²) >= 11 is 0. The van der Waals surface area contributed by atoms with Gasteiger partial charge in [0.15, 0.2) is 6.29 Å². The number of rotatable bonds is 4. The van der Waals surface area contributed by atoms with Crippen molar-refractivity contribution in [1.29, 1.82) is 0 Å². The summed E-state index contributed by atoms with van der Waals surface area (Å²) in [4.78, 5) is 9.90. The zero-order valence-electron chi connectivity index (χ0n) is 6.14. The van der Waals surface area contributed by atoms with Gasteiger partial charge in [-0.25, -0.2) is 0 Å². The van der Waals surface area contributed by atoms with Gasteiger partial charge < -0.3 is 25.2 Å². The van der Waals surface area contributed by atoms with Crippen molar-refractivity contribution in [1.82, 2.24) is 0 Å². The quantitative estimate of drug-likeness (QED) is 0.327. The van der Waals surface area contributed by atoms with Crippen LogP contribution in [0.4, 0.5) is 0 Å². The van der Waals surface area contributed by atoms with E-state index in [2.05, 4.69) is 0 Å². The van der Waals surface area contributed by atoms with Crippen LogP contribution in [0.3, 0.4) is 0 Å². The van der Waals surface area contributed by atoms with Crippen molar-refractivity contribution in [3.8, 4) is 0 Å². The third kappa shape index (κ3) is 2.40. The summed E-state index contributed by atoms with van der Waals surface area (Å²) < 4.78 is 6.68. The molecule has 0 radical (unpaired) electrons. The predicted octanol–water partition coefficient (Wildman–Crippen LogP) is -2.74. The van der Waals surface area contributed by atoms with Gasteiger partial charge in [0.25, 0.3) is 0 Å². The SMILES string of the molecule is [2H][C@](O)(C=O)[C@@H](O)[C@H](O)CO. The number of hydrogen-bond donors (Lipinski definition) is 4. The van der Waals surface area contributed by atoms with E-state index in [0.29, 0.717) is 0 Å². The molecule has 0 fully saturated rings. The monoisotopic (exact) mass is 151 g/mol. The van der Waals surface area contributed by atoms with E-state index >= 15 is 0 Å². The van der Waals surface area contributed by atoms with Crippen molar-refractivity contribution in [3.63, 3.8) is 0 Å². The van der Waals surface area contributed by atoms with Crippen LogP contribution in [0.25, 0.3) is 0 Å². The Bertz CT molecular complexity index is 137. The Labute approximate surface area is 58.9 Å². The van der Waals surface area contributed by atoms with Crippen LogP contribution in [0, 0.1) is 0 Å². The number of aliphatic hydroxyl groups excluding tert-OH is 3. The van der Waals surface area contributed by atoms with Crippen molar-refractivity contribution < 1.29 is 26.6 Å². The minimum absolute atomic E-state index is 0.226. The van der Waals surface area contributed by atoms with E-state index in [1.54, 1.807) is 0 Å². The predicted molar refractivity (Wildman–Crippen MR) is 31.2 cm³/mol. The van der Waals surface area contributed by atoms with E-state index in [1.807, 2.05) is 0 Å². The van der Waals surface area contributed by atoms with Gasteiger partial charge in [0.1, 0.15) is 18.3 Å². The minimum Gasteiger partial charge on any atom is -0.394 e. The summed E-state index contributed by atoms with van der Waals surface area (Å²) in [6.45, 7) is -0.823. The van der Waals surface area contributed by atoms with Gasteiger partial charge in [0.2, 0.25) is 0 Å². The molecule has 5 heteroatoms. The molecule has 0 spiro atoms. The van der Waals surface area contributed by atoms with Crippen LogP contribution in [-0.2, 0) is 4.79 Å². The first-order chi connectivity index (χ1) is 4.95. The van der Waals surface area contributed by atoms with Gasteiger partial charge in [-0.3, -0.25) is 0 Å². The number of carbonyl (C=O) groups is 1. The molecule has 0 rings (SSSR count). The summed E-state index contributed by atoms with van der Waals surface area (Å²) in [5, 5.41) is 34.3. The zero-order valence-corrected chi connectivity index (χ0v) is 5.14. The highest BCUT2D eigenvalue weighted by Gasteiger charge is 2.22. The summed E-state index contributed by atoms with van der Waals surface area (Å²) in [6.07, 6.45) is -6.67. The van der Waals surface area contributed by atoms with Crippen LogP contribution in [0.5, 0.6) is 0 Å². The molecular weight excluding hydrogens is 140 g/mol. The second kappa shape index (κ2) is 4.35. The smallest absolute Gasteiger partial charge is 0.151 e. The lowest BCUT2D eigenvalue weighted by atomic mass is 10.1. The van der Waals surface area contributed by atoms with Crippen molar-refractivity contribution in [3.05, 3.63) is 0 Å². The third-order valence-corrected chi connectivity index (χ3v) is 0.975. The normalized spacial score (nSPS) is 24.2. The van der Waals surface area contributed by atoms with Crippen LogP contribution in [0.1, 0.15) is 1.37 Å². The number of hydrogen-bond acceptors (Lipinski definition) is 5. The fourth-order valence-corrected chi connectivity index (χ4v) is 0.367. The fraction of sp³-hybridized carbons (Fsp3) is 0.800. The van der Waals surface area contributed by atoms with E-state index in [-0.39, 0.29) is 6.29 Å². The van der Waals surface area contributed by atoms with E-state index in [9.17, 15) is 4.79 Å². The standard InChI is InChI=1S/C5H10O5/c6-1-3(8)5(10)4(9)2-7/h1,3-5,7-10H,2H2/t3-,4+,5+/m0/s1/i3D. The van der Waals surface area contributed by atoms with Gasteiger partial charge >= 0.3 is 0 Å². The third-order valence-electron chi connectivity index (χ3n) is 0.975. The second-order valence-electron chi connectivity index (χ2n) is 1.74. The van der Waals surface area contributed by atoms with Crippen LogP contribution in [0.2, 0.25) is 0 Å². The molecule has 0 aromatic carbocycles. The Morgan fingerprint density at radius 2 is 2.00 bits per heavy atom. The molecule has 0 amide bonds. The second-order valence-corrected chi connectivity index (χ2v) is 1.74.